The highest BCUT2D eigenvalue weighted by molar-refractivity contribution is 7.11. The van der Waals surface area contributed by atoms with Crippen LogP contribution in [0.4, 0.5) is 0 Å². The first kappa shape index (κ1) is 15.2. The van der Waals surface area contributed by atoms with Crippen LogP contribution in [0.1, 0.15) is 26.5 Å². The topological polar surface area (TPSA) is 50.2 Å². The van der Waals surface area contributed by atoms with Gasteiger partial charge in [-0.1, -0.05) is 60.2 Å². The van der Waals surface area contributed by atoms with E-state index in [1.165, 1.54) is 16.7 Å². The van der Waals surface area contributed by atoms with E-state index in [-0.39, 0.29) is 11.7 Å². The summed E-state index contributed by atoms with van der Waals surface area (Å²) >= 11 is 1.25. The van der Waals surface area contributed by atoms with Gasteiger partial charge in [0.2, 0.25) is 5.88 Å². The lowest BCUT2D eigenvalue weighted by atomic mass is 10.0. The Morgan fingerprint density at radius 1 is 1.09 bits per heavy atom. The molecule has 0 radical (unpaired) electrons. The molecule has 0 aliphatic heterocycles. The van der Waals surface area contributed by atoms with Gasteiger partial charge in [-0.2, -0.15) is 0 Å². The van der Waals surface area contributed by atoms with Gasteiger partial charge in [0.05, 0.1) is 11.0 Å². The maximum absolute atomic E-state index is 12.9. The normalized spacial score (nSPS) is 11.4. The van der Waals surface area contributed by atoms with Gasteiger partial charge in [0, 0.05) is 5.56 Å². The summed E-state index contributed by atoms with van der Waals surface area (Å²) < 4.78 is 0. The molecule has 1 N–H and O–H groups in total. The number of allylic oxidation sites excluding steroid dienone is 1. The maximum atomic E-state index is 12.9. The lowest BCUT2D eigenvalue weighted by Crippen LogP contribution is -2.02. The highest BCUT2D eigenvalue weighted by atomic mass is 32.1. The number of nitrogens with zero attached hydrogens (tertiary/aromatic N) is 1. The first-order valence-corrected chi connectivity index (χ1v) is 8.04. The zero-order chi connectivity index (χ0) is 16.2. The third kappa shape index (κ3) is 3.55. The van der Waals surface area contributed by atoms with Gasteiger partial charge in [0.1, 0.15) is 5.01 Å². The first-order chi connectivity index (χ1) is 11.1. The number of aromatic nitrogens is 1. The second kappa shape index (κ2) is 6.58. The molecular formula is C19H15NO2S. The Morgan fingerprint density at radius 2 is 1.78 bits per heavy atom. The third-order valence-electron chi connectivity index (χ3n) is 3.39. The molecule has 0 bridgehead atoms. The summed E-state index contributed by atoms with van der Waals surface area (Å²) in [4.78, 5) is 16.9. The van der Waals surface area contributed by atoms with Crippen LogP contribution in [0.3, 0.4) is 0 Å². The van der Waals surface area contributed by atoms with Crippen molar-refractivity contribution in [3.8, 4) is 5.88 Å². The van der Waals surface area contributed by atoms with Gasteiger partial charge in [0.15, 0.2) is 5.78 Å². The zero-order valence-electron chi connectivity index (χ0n) is 12.6. The number of aromatic hydroxyl groups is 1. The smallest absolute Gasteiger partial charge is 0.222 e. The molecule has 0 aliphatic carbocycles. The summed E-state index contributed by atoms with van der Waals surface area (Å²) in [5, 5.41) is 11.6. The van der Waals surface area contributed by atoms with E-state index in [0.717, 1.165) is 11.1 Å². The van der Waals surface area contributed by atoms with Crippen molar-refractivity contribution >= 4 is 28.8 Å². The van der Waals surface area contributed by atoms with Gasteiger partial charge in [-0.3, -0.25) is 4.79 Å². The monoisotopic (exact) mass is 321 g/mol. The molecule has 0 atom stereocenters. The van der Waals surface area contributed by atoms with Gasteiger partial charge >= 0.3 is 0 Å². The second-order valence-corrected chi connectivity index (χ2v) is 6.03. The van der Waals surface area contributed by atoms with E-state index in [1.807, 2.05) is 61.5 Å². The summed E-state index contributed by atoms with van der Waals surface area (Å²) in [6.07, 6.45) is 1.81. The Morgan fingerprint density at radius 3 is 2.39 bits per heavy atom. The van der Waals surface area contributed by atoms with E-state index in [0.29, 0.717) is 16.1 Å². The minimum absolute atomic E-state index is 0.0688. The number of thiazole rings is 1. The summed E-state index contributed by atoms with van der Waals surface area (Å²) in [5.41, 5.74) is 3.09. The molecule has 0 saturated heterocycles. The Bertz CT molecular complexity index is 849. The second-order valence-electron chi connectivity index (χ2n) is 5.17. The number of aryl methyl sites for hydroxylation is 1. The molecule has 0 saturated carbocycles. The molecule has 0 aliphatic rings. The van der Waals surface area contributed by atoms with Gasteiger partial charge < -0.3 is 5.11 Å². The predicted molar refractivity (Wildman–Crippen MR) is 93.6 cm³/mol. The summed E-state index contributed by atoms with van der Waals surface area (Å²) in [6, 6.07) is 17.0. The average Bonchev–Trinajstić information content (AvgIpc) is 3.00. The number of carbonyl (C=O) groups excluding carboxylic acids is 1. The van der Waals surface area contributed by atoms with Gasteiger partial charge in [0.25, 0.3) is 0 Å². The van der Waals surface area contributed by atoms with Crippen molar-refractivity contribution < 1.29 is 9.90 Å². The first-order valence-electron chi connectivity index (χ1n) is 7.16. The molecule has 2 aromatic carbocycles. The number of rotatable bonds is 4. The van der Waals surface area contributed by atoms with Gasteiger partial charge in [-0.05, 0) is 18.6 Å². The molecule has 4 heteroatoms. The van der Waals surface area contributed by atoms with E-state index < -0.39 is 0 Å². The van der Waals surface area contributed by atoms with Crippen molar-refractivity contribution in [1.29, 1.82) is 0 Å². The Kier molecular flexibility index (Phi) is 4.35. The molecule has 3 rings (SSSR count). The van der Waals surface area contributed by atoms with E-state index in [9.17, 15) is 9.90 Å². The molecule has 0 spiro atoms. The van der Waals surface area contributed by atoms with Crippen molar-refractivity contribution in [1.82, 2.24) is 4.98 Å². The molecule has 1 aromatic heterocycles. The Labute approximate surface area is 138 Å². The molecule has 0 amide bonds. The van der Waals surface area contributed by atoms with Crippen LogP contribution in [0.2, 0.25) is 0 Å². The standard InChI is InChI=1S/C19H15NO2S/c1-13-7-9-15(10-8-13)18(22)16(19-20-17(21)12-23-19)11-14-5-3-2-4-6-14/h2-12,21H,1H3/b16-11-. The number of Topliss-reactive ketones (excluding diaryl/α,β-unsaturated/α-hetero) is 1. The minimum atomic E-state index is -0.108. The molecular weight excluding hydrogens is 306 g/mol. The van der Waals surface area contributed by atoms with E-state index >= 15 is 0 Å². The fourth-order valence-electron chi connectivity index (χ4n) is 2.19. The van der Waals surface area contributed by atoms with Crippen molar-refractivity contribution in [2.75, 3.05) is 0 Å². The maximum Gasteiger partial charge on any atom is 0.222 e. The summed E-state index contributed by atoms with van der Waals surface area (Å²) in [7, 11) is 0. The van der Waals surface area contributed by atoms with E-state index in [2.05, 4.69) is 4.98 Å². The van der Waals surface area contributed by atoms with Gasteiger partial charge in [-0.15, -0.1) is 11.3 Å². The lowest BCUT2D eigenvalue weighted by Gasteiger charge is -2.05. The fourth-order valence-corrected chi connectivity index (χ4v) is 2.88. The van der Waals surface area contributed by atoms with Crippen molar-refractivity contribution in [2.45, 2.75) is 6.92 Å². The van der Waals surface area contributed by atoms with Crippen LogP contribution in [0.5, 0.6) is 5.88 Å². The highest BCUT2D eigenvalue weighted by Gasteiger charge is 2.18. The zero-order valence-corrected chi connectivity index (χ0v) is 13.4. The van der Waals surface area contributed by atoms with Crippen LogP contribution in [0.15, 0.2) is 60.0 Å². The fraction of sp³-hybridized carbons (Fsp3) is 0.0526. The van der Waals surface area contributed by atoms with Crippen molar-refractivity contribution in [2.24, 2.45) is 0 Å². The van der Waals surface area contributed by atoms with Crippen LogP contribution >= 0.6 is 11.3 Å². The molecule has 3 aromatic rings. The number of hydrogen-bond donors (Lipinski definition) is 1. The molecule has 114 valence electrons. The predicted octanol–water partition coefficient (Wildman–Crippen LogP) is 4.58. The lowest BCUT2D eigenvalue weighted by molar-refractivity contribution is 0.105. The molecule has 23 heavy (non-hydrogen) atoms. The Hall–Kier alpha value is -2.72. The molecule has 0 unspecified atom stereocenters. The van der Waals surface area contributed by atoms with E-state index in [1.54, 1.807) is 6.08 Å². The third-order valence-corrected chi connectivity index (χ3v) is 4.25. The average molecular weight is 321 g/mol. The quantitative estimate of drug-likeness (QED) is 0.565. The van der Waals surface area contributed by atoms with E-state index in [4.69, 9.17) is 0 Å². The van der Waals surface area contributed by atoms with Crippen LogP contribution in [-0.2, 0) is 0 Å². The highest BCUT2D eigenvalue weighted by Crippen LogP contribution is 2.27. The number of hydrogen-bond acceptors (Lipinski definition) is 4. The van der Waals surface area contributed by atoms with Crippen LogP contribution in [0, 0.1) is 6.92 Å². The molecule has 1 heterocycles. The van der Waals surface area contributed by atoms with Crippen LogP contribution in [0.25, 0.3) is 11.6 Å². The van der Waals surface area contributed by atoms with Crippen molar-refractivity contribution in [3.05, 3.63) is 81.7 Å². The number of benzene rings is 2. The summed E-state index contributed by atoms with van der Waals surface area (Å²) in [6.45, 7) is 1.98. The number of carbonyl (C=O) groups is 1. The SMILES string of the molecule is Cc1ccc(C(=O)/C(=C/c2ccccc2)c2nc(O)cs2)cc1. The minimum Gasteiger partial charge on any atom is -0.493 e. The largest absolute Gasteiger partial charge is 0.493 e. The van der Waals surface area contributed by atoms with Crippen LogP contribution in [-0.4, -0.2) is 15.9 Å². The number of ketones is 1. The summed E-state index contributed by atoms with van der Waals surface area (Å²) in [5.74, 6) is -0.177. The van der Waals surface area contributed by atoms with Gasteiger partial charge in [-0.25, -0.2) is 4.98 Å². The Balaban J connectivity index is 2.06. The van der Waals surface area contributed by atoms with Crippen molar-refractivity contribution in [3.63, 3.8) is 0 Å². The molecule has 3 nitrogen and oxygen atoms in total. The van der Waals surface area contributed by atoms with Crippen LogP contribution < -0.4 is 0 Å². The molecule has 0 fully saturated rings.